The van der Waals surface area contributed by atoms with E-state index in [0.717, 1.165) is 22.8 Å². The number of nitrogens with zero attached hydrogens (tertiary/aromatic N) is 1. The fraction of sp³-hybridized carbons (Fsp3) is 0.133. The van der Waals surface area contributed by atoms with Crippen LogP contribution in [0.2, 0.25) is 0 Å². The average Bonchev–Trinajstić information content (AvgIpc) is 2.85. The molecule has 0 amide bonds. The lowest BCUT2D eigenvalue weighted by molar-refractivity contribution is 0.415. The molecule has 0 atom stereocenters. The molecule has 0 saturated carbocycles. The number of benzene rings is 1. The van der Waals surface area contributed by atoms with E-state index in [0.29, 0.717) is 0 Å². The summed E-state index contributed by atoms with van der Waals surface area (Å²) < 4.78 is 5.11. The van der Waals surface area contributed by atoms with E-state index in [1.807, 2.05) is 61.7 Å². The Labute approximate surface area is 107 Å². The first-order valence-electron chi connectivity index (χ1n) is 5.81. The van der Waals surface area contributed by atoms with E-state index in [4.69, 9.17) is 4.74 Å². The number of rotatable bonds is 4. The molecule has 1 N–H and O–H groups in total. The predicted molar refractivity (Wildman–Crippen MR) is 75.2 cm³/mol. The Morgan fingerprint density at radius 2 is 1.89 bits per heavy atom. The quantitative estimate of drug-likeness (QED) is 0.886. The molecule has 18 heavy (non-hydrogen) atoms. The highest BCUT2D eigenvalue weighted by atomic mass is 16.5. The molecule has 1 aromatic heterocycles. The molecule has 3 nitrogen and oxygen atoms in total. The van der Waals surface area contributed by atoms with Gasteiger partial charge >= 0.3 is 0 Å². The normalized spacial score (nSPS) is 11.4. The number of hydrogen-bond donors (Lipinski definition) is 1. The Hall–Kier alpha value is -2.29. The second kappa shape index (κ2) is 5.87. The van der Waals surface area contributed by atoms with Crippen molar-refractivity contribution in [3.63, 3.8) is 0 Å². The van der Waals surface area contributed by atoms with Gasteiger partial charge < -0.3 is 9.72 Å². The molecule has 0 aliphatic rings. The maximum absolute atomic E-state index is 5.11. The number of aromatic nitrogens is 2. The molecule has 92 valence electrons. The number of ether oxygens (including phenoxy) is 1. The van der Waals surface area contributed by atoms with Gasteiger partial charge in [0.05, 0.1) is 19.0 Å². The van der Waals surface area contributed by atoms with Crippen molar-refractivity contribution in [3.05, 3.63) is 53.6 Å². The molecule has 2 rings (SSSR count). The highest BCUT2D eigenvalue weighted by Gasteiger charge is 1.94. The summed E-state index contributed by atoms with van der Waals surface area (Å²) in [6.07, 6.45) is 9.74. The summed E-state index contributed by atoms with van der Waals surface area (Å²) in [6, 6.07) is 7.89. The number of imidazole rings is 1. The maximum Gasteiger partial charge on any atom is 0.130 e. The van der Waals surface area contributed by atoms with E-state index in [2.05, 4.69) is 9.97 Å². The lowest BCUT2D eigenvalue weighted by Crippen LogP contribution is -1.81. The number of methoxy groups -OCH3 is 1. The summed E-state index contributed by atoms with van der Waals surface area (Å²) >= 11 is 0. The van der Waals surface area contributed by atoms with Gasteiger partial charge in [-0.25, -0.2) is 4.98 Å². The van der Waals surface area contributed by atoms with E-state index in [1.54, 1.807) is 7.11 Å². The summed E-state index contributed by atoms with van der Waals surface area (Å²) in [6.45, 7) is 1.98. The minimum atomic E-state index is 0.846. The molecule has 0 spiro atoms. The molecule has 0 saturated heterocycles. The Morgan fingerprint density at radius 3 is 2.56 bits per heavy atom. The van der Waals surface area contributed by atoms with Crippen LogP contribution in [-0.4, -0.2) is 17.1 Å². The highest BCUT2D eigenvalue weighted by Crippen LogP contribution is 2.13. The Morgan fingerprint density at radius 1 is 1.11 bits per heavy atom. The van der Waals surface area contributed by atoms with E-state index in [-0.39, 0.29) is 0 Å². The number of hydrogen-bond acceptors (Lipinski definition) is 2. The third kappa shape index (κ3) is 3.10. The van der Waals surface area contributed by atoms with Crippen LogP contribution in [0.3, 0.4) is 0 Å². The van der Waals surface area contributed by atoms with E-state index in [1.165, 1.54) is 0 Å². The molecule has 0 aliphatic carbocycles. The standard InChI is InChI=1S/C15H16N2O/c1-3-4-13-11-16-15(17-13)10-7-12-5-8-14(18-2)9-6-12/h3-11H,1-2H3,(H,16,17)/b4-3+,10-7+. The van der Waals surface area contributed by atoms with Gasteiger partial charge in [-0.3, -0.25) is 0 Å². The maximum atomic E-state index is 5.11. The van der Waals surface area contributed by atoms with Crippen molar-refractivity contribution in [2.45, 2.75) is 6.92 Å². The fourth-order valence-corrected chi connectivity index (χ4v) is 1.59. The summed E-state index contributed by atoms with van der Waals surface area (Å²) in [5.41, 5.74) is 2.12. The second-order valence-electron chi connectivity index (χ2n) is 3.83. The molecule has 0 fully saturated rings. The molecule has 0 aliphatic heterocycles. The molecular formula is C15H16N2O. The number of aromatic amines is 1. The molecule has 0 unspecified atom stereocenters. The van der Waals surface area contributed by atoms with Crippen LogP contribution in [-0.2, 0) is 0 Å². The number of allylic oxidation sites excluding steroid dienone is 1. The molecule has 1 aromatic carbocycles. The monoisotopic (exact) mass is 240 g/mol. The van der Waals surface area contributed by atoms with Gasteiger partial charge in [0.25, 0.3) is 0 Å². The van der Waals surface area contributed by atoms with Crippen molar-refractivity contribution in [1.82, 2.24) is 9.97 Å². The first kappa shape index (κ1) is 12.2. The van der Waals surface area contributed by atoms with Gasteiger partial charge in [-0.2, -0.15) is 0 Å². The minimum absolute atomic E-state index is 0.846. The van der Waals surface area contributed by atoms with Crippen LogP contribution in [0.1, 0.15) is 24.0 Å². The molecular weight excluding hydrogens is 224 g/mol. The van der Waals surface area contributed by atoms with Crippen LogP contribution in [0.25, 0.3) is 18.2 Å². The zero-order valence-corrected chi connectivity index (χ0v) is 10.6. The number of H-pyrrole nitrogens is 1. The van der Waals surface area contributed by atoms with Gasteiger partial charge in [0.2, 0.25) is 0 Å². The third-order valence-electron chi connectivity index (χ3n) is 2.51. The third-order valence-corrected chi connectivity index (χ3v) is 2.51. The van der Waals surface area contributed by atoms with Crippen molar-refractivity contribution < 1.29 is 4.74 Å². The van der Waals surface area contributed by atoms with Crippen LogP contribution in [0, 0.1) is 0 Å². The van der Waals surface area contributed by atoms with E-state index >= 15 is 0 Å². The molecule has 0 bridgehead atoms. The largest absolute Gasteiger partial charge is 0.497 e. The van der Waals surface area contributed by atoms with Crippen LogP contribution in [0.4, 0.5) is 0 Å². The van der Waals surface area contributed by atoms with Crippen molar-refractivity contribution >= 4 is 18.2 Å². The second-order valence-corrected chi connectivity index (χ2v) is 3.83. The molecule has 0 radical (unpaired) electrons. The smallest absolute Gasteiger partial charge is 0.130 e. The van der Waals surface area contributed by atoms with Gasteiger partial charge in [-0.1, -0.05) is 24.3 Å². The summed E-state index contributed by atoms with van der Waals surface area (Å²) in [7, 11) is 1.66. The van der Waals surface area contributed by atoms with Gasteiger partial charge in [0.1, 0.15) is 11.6 Å². The SMILES string of the molecule is C/C=C/c1cnc(/C=C/c2ccc(OC)cc2)[nH]1. The summed E-state index contributed by atoms with van der Waals surface area (Å²) in [5.74, 6) is 1.71. The topological polar surface area (TPSA) is 37.9 Å². The van der Waals surface area contributed by atoms with E-state index in [9.17, 15) is 0 Å². The summed E-state index contributed by atoms with van der Waals surface area (Å²) in [5, 5.41) is 0. The zero-order valence-electron chi connectivity index (χ0n) is 10.6. The van der Waals surface area contributed by atoms with Crippen LogP contribution < -0.4 is 4.74 Å². The minimum Gasteiger partial charge on any atom is -0.497 e. The van der Waals surface area contributed by atoms with Crippen LogP contribution in [0.15, 0.2) is 36.5 Å². The molecule has 2 aromatic rings. The number of nitrogens with one attached hydrogen (secondary N) is 1. The first-order valence-corrected chi connectivity index (χ1v) is 5.81. The van der Waals surface area contributed by atoms with Crippen LogP contribution >= 0.6 is 0 Å². The average molecular weight is 240 g/mol. The molecule has 1 heterocycles. The van der Waals surface area contributed by atoms with E-state index < -0.39 is 0 Å². The van der Waals surface area contributed by atoms with Gasteiger partial charge in [-0.05, 0) is 36.8 Å². The lowest BCUT2D eigenvalue weighted by atomic mass is 10.2. The van der Waals surface area contributed by atoms with Crippen molar-refractivity contribution in [2.24, 2.45) is 0 Å². The van der Waals surface area contributed by atoms with Crippen molar-refractivity contribution in [1.29, 1.82) is 0 Å². The van der Waals surface area contributed by atoms with Gasteiger partial charge in [0.15, 0.2) is 0 Å². The van der Waals surface area contributed by atoms with Crippen molar-refractivity contribution in [3.8, 4) is 5.75 Å². The predicted octanol–water partition coefficient (Wildman–Crippen LogP) is 3.62. The lowest BCUT2D eigenvalue weighted by Gasteiger charge is -1.98. The first-order chi connectivity index (χ1) is 8.81. The zero-order chi connectivity index (χ0) is 12.8. The Kier molecular flexibility index (Phi) is 3.97. The Bertz CT molecular complexity index is 550. The van der Waals surface area contributed by atoms with Crippen molar-refractivity contribution in [2.75, 3.05) is 7.11 Å². The van der Waals surface area contributed by atoms with Gasteiger partial charge in [-0.15, -0.1) is 0 Å². The fourth-order valence-electron chi connectivity index (χ4n) is 1.59. The highest BCUT2D eigenvalue weighted by molar-refractivity contribution is 5.67. The Balaban J connectivity index is 2.08. The van der Waals surface area contributed by atoms with Crippen LogP contribution in [0.5, 0.6) is 5.75 Å². The van der Waals surface area contributed by atoms with Gasteiger partial charge in [0, 0.05) is 0 Å². The summed E-state index contributed by atoms with van der Waals surface area (Å²) in [4.78, 5) is 7.46. The molecule has 3 heteroatoms.